The van der Waals surface area contributed by atoms with E-state index in [2.05, 4.69) is 67.9 Å². The normalized spacial score (nSPS) is 21.3. The van der Waals surface area contributed by atoms with Crippen LogP contribution in [-0.4, -0.2) is 4.57 Å². The van der Waals surface area contributed by atoms with E-state index in [0.717, 1.165) is 0 Å². The molecule has 0 radical (unpaired) electrons. The van der Waals surface area contributed by atoms with Crippen molar-refractivity contribution < 1.29 is 0 Å². The highest BCUT2D eigenvalue weighted by Crippen LogP contribution is 2.45. The molecule has 1 aliphatic rings. The third kappa shape index (κ3) is 1.06. The molecule has 0 saturated carbocycles. The Bertz CT molecular complexity index is 534. The van der Waals surface area contributed by atoms with Gasteiger partial charge < -0.3 is 4.57 Å². The van der Waals surface area contributed by atoms with E-state index in [0.29, 0.717) is 5.92 Å². The van der Waals surface area contributed by atoms with Gasteiger partial charge in [0.05, 0.1) is 0 Å². The van der Waals surface area contributed by atoms with Gasteiger partial charge in [0, 0.05) is 28.9 Å². The fourth-order valence-corrected chi connectivity index (χ4v) is 2.80. The molecule has 0 saturated heterocycles. The molecule has 0 amide bonds. The predicted molar refractivity (Wildman–Crippen MR) is 67.6 cm³/mol. The molecule has 0 fully saturated rings. The molecule has 1 nitrogen and oxygen atoms in total. The Balaban J connectivity index is 2.36. The first-order chi connectivity index (χ1) is 7.62. The summed E-state index contributed by atoms with van der Waals surface area (Å²) in [4.78, 5) is 0. The molecule has 1 unspecified atom stereocenters. The second-order valence-corrected chi connectivity index (χ2v) is 5.23. The van der Waals surface area contributed by atoms with Crippen molar-refractivity contribution >= 4 is 0 Å². The summed E-state index contributed by atoms with van der Waals surface area (Å²) in [6.07, 6.45) is 2.20. The van der Waals surface area contributed by atoms with Crippen LogP contribution in [0, 0.1) is 0 Å². The van der Waals surface area contributed by atoms with E-state index in [1.165, 1.54) is 16.8 Å². The third-order valence-corrected chi connectivity index (χ3v) is 4.13. The highest BCUT2D eigenvalue weighted by Gasteiger charge is 2.35. The average molecular weight is 211 g/mol. The smallest absolute Gasteiger partial charge is 0.0488 e. The first kappa shape index (κ1) is 9.71. The molecule has 0 spiro atoms. The standard InChI is InChI=1S/C15H17N/c1-11-12-7-4-5-8-13(12)14-9-6-10-16(14)15(11,2)3/h4-11H,1-3H3. The fourth-order valence-electron chi connectivity index (χ4n) is 2.80. The Morgan fingerprint density at radius 3 is 2.62 bits per heavy atom. The zero-order chi connectivity index (χ0) is 11.3. The summed E-state index contributed by atoms with van der Waals surface area (Å²) in [6, 6.07) is 13.1. The minimum Gasteiger partial charge on any atom is -0.341 e. The number of nitrogens with zero attached hydrogens (tertiary/aromatic N) is 1. The van der Waals surface area contributed by atoms with Gasteiger partial charge >= 0.3 is 0 Å². The van der Waals surface area contributed by atoms with Crippen molar-refractivity contribution in [1.29, 1.82) is 0 Å². The van der Waals surface area contributed by atoms with Crippen LogP contribution in [0.4, 0.5) is 0 Å². The molecule has 16 heavy (non-hydrogen) atoms. The van der Waals surface area contributed by atoms with Crippen LogP contribution in [0.3, 0.4) is 0 Å². The van der Waals surface area contributed by atoms with E-state index in [4.69, 9.17) is 0 Å². The first-order valence-electron chi connectivity index (χ1n) is 5.89. The molecule has 0 aliphatic carbocycles. The molecular weight excluding hydrogens is 194 g/mol. The number of benzene rings is 1. The van der Waals surface area contributed by atoms with E-state index in [1.54, 1.807) is 0 Å². The van der Waals surface area contributed by atoms with Crippen LogP contribution in [0.1, 0.15) is 32.3 Å². The van der Waals surface area contributed by atoms with Crippen LogP contribution in [0.2, 0.25) is 0 Å². The lowest BCUT2D eigenvalue weighted by Crippen LogP contribution is -2.35. The van der Waals surface area contributed by atoms with E-state index >= 15 is 0 Å². The Morgan fingerprint density at radius 2 is 1.81 bits per heavy atom. The Morgan fingerprint density at radius 1 is 1.06 bits per heavy atom. The molecular formula is C15H17N. The van der Waals surface area contributed by atoms with Gasteiger partial charge in [0.15, 0.2) is 0 Å². The Kier molecular flexibility index (Phi) is 1.82. The molecule has 1 atom stereocenters. The van der Waals surface area contributed by atoms with E-state index in [-0.39, 0.29) is 5.54 Å². The summed E-state index contributed by atoms with van der Waals surface area (Å²) in [5.41, 5.74) is 4.37. The molecule has 0 N–H and O–H groups in total. The van der Waals surface area contributed by atoms with Crippen LogP contribution in [0.5, 0.6) is 0 Å². The van der Waals surface area contributed by atoms with Gasteiger partial charge in [-0.1, -0.05) is 31.2 Å². The summed E-state index contributed by atoms with van der Waals surface area (Å²) >= 11 is 0. The maximum atomic E-state index is 2.40. The van der Waals surface area contributed by atoms with Gasteiger partial charge in [-0.2, -0.15) is 0 Å². The number of rotatable bonds is 0. The quantitative estimate of drug-likeness (QED) is 0.620. The van der Waals surface area contributed by atoms with Crippen LogP contribution < -0.4 is 0 Å². The second kappa shape index (κ2) is 3.00. The minimum absolute atomic E-state index is 0.160. The lowest BCUT2D eigenvalue weighted by atomic mass is 9.77. The molecule has 1 heteroatoms. The second-order valence-electron chi connectivity index (χ2n) is 5.23. The summed E-state index contributed by atoms with van der Waals surface area (Å²) < 4.78 is 2.40. The number of hydrogen-bond donors (Lipinski definition) is 0. The van der Waals surface area contributed by atoms with Gasteiger partial charge in [-0.25, -0.2) is 0 Å². The molecule has 1 aliphatic heterocycles. The van der Waals surface area contributed by atoms with Crippen LogP contribution in [-0.2, 0) is 5.54 Å². The van der Waals surface area contributed by atoms with Gasteiger partial charge in [0.1, 0.15) is 0 Å². The maximum absolute atomic E-state index is 2.40. The van der Waals surface area contributed by atoms with Crippen molar-refractivity contribution in [2.75, 3.05) is 0 Å². The monoisotopic (exact) mass is 211 g/mol. The Hall–Kier alpha value is -1.50. The van der Waals surface area contributed by atoms with Crippen molar-refractivity contribution in [3.63, 3.8) is 0 Å². The zero-order valence-corrected chi connectivity index (χ0v) is 10.1. The van der Waals surface area contributed by atoms with E-state index in [1.807, 2.05) is 0 Å². The van der Waals surface area contributed by atoms with Gasteiger partial charge in [0.2, 0.25) is 0 Å². The summed E-state index contributed by atoms with van der Waals surface area (Å²) in [6.45, 7) is 6.95. The molecule has 0 bridgehead atoms. The van der Waals surface area contributed by atoms with E-state index < -0.39 is 0 Å². The topological polar surface area (TPSA) is 4.93 Å². The van der Waals surface area contributed by atoms with Crippen LogP contribution >= 0.6 is 0 Å². The van der Waals surface area contributed by atoms with Crippen molar-refractivity contribution in [2.24, 2.45) is 0 Å². The lowest BCUT2D eigenvalue weighted by molar-refractivity contribution is 0.293. The van der Waals surface area contributed by atoms with Crippen LogP contribution in [0.15, 0.2) is 42.6 Å². The lowest BCUT2D eigenvalue weighted by Gasteiger charge is -2.40. The predicted octanol–water partition coefficient (Wildman–Crippen LogP) is 4.01. The molecule has 3 rings (SSSR count). The summed E-state index contributed by atoms with van der Waals surface area (Å²) in [5.74, 6) is 0.545. The van der Waals surface area contributed by atoms with Crippen molar-refractivity contribution in [3.8, 4) is 11.3 Å². The first-order valence-corrected chi connectivity index (χ1v) is 5.89. The third-order valence-electron chi connectivity index (χ3n) is 4.13. The fraction of sp³-hybridized carbons (Fsp3) is 0.333. The van der Waals surface area contributed by atoms with E-state index in [9.17, 15) is 0 Å². The van der Waals surface area contributed by atoms with Gasteiger partial charge in [-0.3, -0.25) is 0 Å². The van der Waals surface area contributed by atoms with Gasteiger partial charge in [-0.15, -0.1) is 0 Å². The molecule has 82 valence electrons. The molecule has 1 aromatic carbocycles. The SMILES string of the molecule is CC1c2ccccc2-c2cccn2C1(C)C. The van der Waals surface area contributed by atoms with Gasteiger partial charge in [-0.05, 0) is 31.5 Å². The minimum atomic E-state index is 0.160. The van der Waals surface area contributed by atoms with Crippen molar-refractivity contribution in [1.82, 2.24) is 4.57 Å². The number of aromatic nitrogens is 1. The molecule has 2 heterocycles. The molecule has 1 aromatic heterocycles. The van der Waals surface area contributed by atoms with Crippen molar-refractivity contribution in [3.05, 3.63) is 48.2 Å². The zero-order valence-electron chi connectivity index (χ0n) is 10.1. The maximum Gasteiger partial charge on any atom is 0.0488 e. The number of fused-ring (bicyclic) bond motifs is 3. The summed E-state index contributed by atoms with van der Waals surface area (Å²) in [7, 11) is 0. The highest BCUT2D eigenvalue weighted by molar-refractivity contribution is 5.68. The van der Waals surface area contributed by atoms with Crippen molar-refractivity contribution in [2.45, 2.75) is 32.2 Å². The largest absolute Gasteiger partial charge is 0.341 e. The Labute approximate surface area is 96.7 Å². The summed E-state index contributed by atoms with van der Waals surface area (Å²) in [5, 5.41) is 0. The average Bonchev–Trinajstić information content (AvgIpc) is 2.76. The van der Waals surface area contributed by atoms with Gasteiger partial charge in [0.25, 0.3) is 0 Å². The number of hydrogen-bond acceptors (Lipinski definition) is 0. The molecule has 2 aromatic rings. The highest BCUT2D eigenvalue weighted by atomic mass is 15.1. The van der Waals surface area contributed by atoms with Crippen LogP contribution in [0.25, 0.3) is 11.3 Å².